The topological polar surface area (TPSA) is 68.9 Å². The molecule has 11 heteroatoms. The molecule has 3 aromatic rings. The fourth-order valence-electron chi connectivity index (χ4n) is 5.41. The highest BCUT2D eigenvalue weighted by atomic mass is 19.3. The van der Waals surface area contributed by atoms with Crippen LogP contribution in [0.15, 0.2) is 40.1 Å². The quantitative estimate of drug-likeness (QED) is 0.463. The second kappa shape index (κ2) is 8.41. The lowest BCUT2D eigenvalue weighted by atomic mass is 9.83. The second-order valence-corrected chi connectivity index (χ2v) is 9.98. The SMILES string of the molecule is C[C@@H](Nc1nn(C)c(=O)c2cc(=O)n([C@H]3CC34CCC(F)(F)CC4)cc12)c1cccc(C(F)F)c1F. The van der Waals surface area contributed by atoms with Gasteiger partial charge in [-0.25, -0.2) is 26.6 Å². The lowest BCUT2D eigenvalue weighted by molar-refractivity contribution is -0.0515. The minimum absolute atomic E-state index is 0.00537. The maximum absolute atomic E-state index is 14.7. The standard InChI is InChI=1S/C25H25F5N4O2/c1-13(14-4-3-5-15(20(14)26)21(27)28)31-22-17-12-34(19(35)10-16(17)23(36)33(2)32-22)18-11-24(18)6-8-25(29,30)9-7-24/h3-5,10,12-13,18,21H,6-9,11H2,1-2H3,(H,31,32)/t13-,18+/m1/s1. The third-order valence-electron chi connectivity index (χ3n) is 7.68. The van der Waals surface area contributed by atoms with E-state index in [9.17, 15) is 31.5 Å². The predicted molar refractivity (Wildman–Crippen MR) is 124 cm³/mol. The van der Waals surface area contributed by atoms with Gasteiger partial charge in [0.05, 0.1) is 17.0 Å². The average molecular weight is 508 g/mol. The maximum atomic E-state index is 14.7. The van der Waals surface area contributed by atoms with Crippen molar-refractivity contribution < 1.29 is 22.0 Å². The van der Waals surface area contributed by atoms with E-state index >= 15 is 0 Å². The van der Waals surface area contributed by atoms with Crippen molar-refractivity contribution in [3.05, 3.63) is 68.1 Å². The molecule has 2 aliphatic carbocycles. The molecule has 0 radical (unpaired) electrons. The van der Waals surface area contributed by atoms with Crippen LogP contribution in [-0.2, 0) is 7.05 Å². The number of rotatable bonds is 5. The highest BCUT2D eigenvalue weighted by molar-refractivity contribution is 5.90. The molecule has 6 nitrogen and oxygen atoms in total. The summed E-state index contributed by atoms with van der Waals surface area (Å²) in [5, 5.41) is 7.63. The van der Waals surface area contributed by atoms with Gasteiger partial charge in [0.2, 0.25) is 5.92 Å². The Bertz CT molecular complexity index is 1460. The van der Waals surface area contributed by atoms with E-state index in [1.807, 2.05) is 0 Å². The third-order valence-corrected chi connectivity index (χ3v) is 7.68. The Hall–Kier alpha value is -3.24. The minimum Gasteiger partial charge on any atom is -0.361 e. The smallest absolute Gasteiger partial charge is 0.274 e. The van der Waals surface area contributed by atoms with E-state index in [1.54, 1.807) is 6.92 Å². The number of anilines is 1. The molecule has 0 unspecified atom stereocenters. The zero-order valence-electron chi connectivity index (χ0n) is 19.7. The molecule has 2 saturated carbocycles. The van der Waals surface area contributed by atoms with Crippen molar-refractivity contribution in [1.29, 1.82) is 0 Å². The van der Waals surface area contributed by atoms with Crippen molar-refractivity contribution in [2.45, 2.75) is 63.5 Å². The molecule has 2 heterocycles. The van der Waals surface area contributed by atoms with E-state index in [-0.39, 0.29) is 41.1 Å². The number of nitrogens with one attached hydrogen (secondary N) is 1. The molecule has 192 valence electrons. The van der Waals surface area contributed by atoms with Gasteiger partial charge in [0.25, 0.3) is 17.5 Å². The Balaban J connectivity index is 1.53. The first-order valence-electron chi connectivity index (χ1n) is 11.8. The number of fused-ring (bicyclic) bond motifs is 1. The lowest BCUT2D eigenvalue weighted by Gasteiger charge is -2.29. The van der Waals surface area contributed by atoms with Gasteiger partial charge < -0.3 is 9.88 Å². The summed E-state index contributed by atoms with van der Waals surface area (Å²) >= 11 is 0. The van der Waals surface area contributed by atoms with E-state index in [0.29, 0.717) is 24.6 Å². The summed E-state index contributed by atoms with van der Waals surface area (Å²) < 4.78 is 71.0. The van der Waals surface area contributed by atoms with E-state index in [2.05, 4.69) is 10.4 Å². The fraction of sp³-hybridized carbons (Fsp3) is 0.480. The summed E-state index contributed by atoms with van der Waals surface area (Å²) in [4.78, 5) is 25.7. The zero-order chi connectivity index (χ0) is 26.0. The van der Waals surface area contributed by atoms with Gasteiger partial charge in [-0.1, -0.05) is 18.2 Å². The summed E-state index contributed by atoms with van der Waals surface area (Å²) in [7, 11) is 1.40. The number of alkyl halides is 4. The first-order chi connectivity index (χ1) is 16.9. The Kier molecular flexibility index (Phi) is 5.72. The van der Waals surface area contributed by atoms with Gasteiger partial charge in [0.1, 0.15) is 5.82 Å². The third kappa shape index (κ3) is 4.08. The molecule has 1 N–H and O–H groups in total. The van der Waals surface area contributed by atoms with E-state index in [1.165, 1.54) is 36.0 Å². The number of nitrogens with zero attached hydrogens (tertiary/aromatic N) is 3. The van der Waals surface area contributed by atoms with E-state index in [4.69, 9.17) is 0 Å². The van der Waals surface area contributed by atoms with Crippen molar-refractivity contribution in [3.8, 4) is 0 Å². The lowest BCUT2D eigenvalue weighted by Crippen LogP contribution is -2.29. The first kappa shape index (κ1) is 24.5. The number of halogens is 5. The Labute approximate surface area is 202 Å². The summed E-state index contributed by atoms with van der Waals surface area (Å²) in [5.41, 5.74) is -2.02. The zero-order valence-corrected chi connectivity index (χ0v) is 19.7. The molecule has 1 spiro atoms. The second-order valence-electron chi connectivity index (χ2n) is 9.98. The molecule has 2 aromatic heterocycles. The van der Waals surface area contributed by atoms with Gasteiger partial charge in [0, 0.05) is 49.1 Å². The van der Waals surface area contributed by atoms with Crippen LogP contribution < -0.4 is 16.4 Å². The van der Waals surface area contributed by atoms with Crippen molar-refractivity contribution in [2.75, 3.05) is 5.32 Å². The van der Waals surface area contributed by atoms with Gasteiger partial charge in [-0.15, -0.1) is 0 Å². The van der Waals surface area contributed by atoms with Crippen LogP contribution in [-0.4, -0.2) is 20.3 Å². The normalized spacial score (nSPS) is 21.2. The van der Waals surface area contributed by atoms with Crippen molar-refractivity contribution in [3.63, 3.8) is 0 Å². The molecule has 2 aliphatic rings. The Morgan fingerprint density at radius 2 is 1.75 bits per heavy atom. The molecular weight excluding hydrogens is 483 g/mol. The van der Waals surface area contributed by atoms with Gasteiger partial charge >= 0.3 is 0 Å². The molecule has 0 saturated heterocycles. The number of benzene rings is 1. The number of aromatic nitrogens is 3. The molecule has 0 aliphatic heterocycles. The number of hydrogen-bond acceptors (Lipinski definition) is 4. The largest absolute Gasteiger partial charge is 0.361 e. The van der Waals surface area contributed by atoms with Crippen LogP contribution in [0.2, 0.25) is 0 Å². The first-order valence-corrected chi connectivity index (χ1v) is 11.8. The van der Waals surface area contributed by atoms with Gasteiger partial charge in [-0.3, -0.25) is 9.59 Å². The van der Waals surface area contributed by atoms with Crippen molar-refractivity contribution in [2.24, 2.45) is 12.5 Å². The van der Waals surface area contributed by atoms with Gasteiger partial charge in [-0.2, -0.15) is 5.10 Å². The maximum Gasteiger partial charge on any atom is 0.274 e. The van der Waals surface area contributed by atoms with Crippen molar-refractivity contribution >= 4 is 16.6 Å². The highest BCUT2D eigenvalue weighted by Gasteiger charge is 2.59. The average Bonchev–Trinajstić information content (AvgIpc) is 3.52. The van der Waals surface area contributed by atoms with Crippen LogP contribution in [0.1, 0.15) is 68.7 Å². The Morgan fingerprint density at radius 1 is 1.08 bits per heavy atom. The highest BCUT2D eigenvalue weighted by Crippen LogP contribution is 2.65. The molecule has 5 rings (SSSR count). The van der Waals surface area contributed by atoms with Crippen LogP contribution in [0.25, 0.3) is 10.8 Å². The number of hydrogen-bond donors (Lipinski definition) is 1. The van der Waals surface area contributed by atoms with Crippen LogP contribution in [0.4, 0.5) is 27.8 Å². The van der Waals surface area contributed by atoms with Crippen LogP contribution >= 0.6 is 0 Å². The van der Waals surface area contributed by atoms with Crippen LogP contribution in [0, 0.1) is 11.2 Å². The molecule has 0 bridgehead atoms. The summed E-state index contributed by atoms with van der Waals surface area (Å²) in [5.74, 6) is -3.56. The molecule has 36 heavy (non-hydrogen) atoms. The summed E-state index contributed by atoms with van der Waals surface area (Å²) in [6.07, 6.45) is -0.703. The summed E-state index contributed by atoms with van der Waals surface area (Å²) in [6, 6.07) is 3.87. The molecule has 2 atom stereocenters. The molecule has 1 aromatic carbocycles. The van der Waals surface area contributed by atoms with Crippen LogP contribution in [0.3, 0.4) is 0 Å². The molecular formula is C25H25F5N4O2. The molecule has 0 amide bonds. The van der Waals surface area contributed by atoms with Gasteiger partial charge in [-0.05, 0) is 31.6 Å². The Morgan fingerprint density at radius 3 is 2.42 bits per heavy atom. The van der Waals surface area contributed by atoms with Gasteiger partial charge in [0.15, 0.2) is 5.82 Å². The number of pyridine rings is 1. The van der Waals surface area contributed by atoms with Crippen molar-refractivity contribution in [1.82, 2.24) is 14.3 Å². The van der Waals surface area contributed by atoms with E-state index in [0.717, 1.165) is 10.7 Å². The molecule has 2 fully saturated rings. The predicted octanol–water partition coefficient (Wildman–Crippen LogP) is 5.49. The fourth-order valence-corrected chi connectivity index (χ4v) is 5.41. The minimum atomic E-state index is -2.98. The number of aryl methyl sites for hydroxylation is 1. The monoisotopic (exact) mass is 508 g/mol. The van der Waals surface area contributed by atoms with E-state index < -0.39 is 40.9 Å². The van der Waals surface area contributed by atoms with Crippen LogP contribution in [0.5, 0.6) is 0 Å². The summed E-state index contributed by atoms with van der Waals surface area (Å²) in [6.45, 7) is 1.57.